The molecular weight excluding hydrogens is 186 g/mol. The van der Waals surface area contributed by atoms with Crippen molar-refractivity contribution in [3.8, 4) is 0 Å². The predicted molar refractivity (Wildman–Crippen MR) is 62.7 cm³/mol. The number of hydrogen-bond acceptors (Lipinski definition) is 2. The summed E-state index contributed by atoms with van der Waals surface area (Å²) in [6.07, 6.45) is 1.08. The van der Waals surface area contributed by atoms with E-state index >= 15 is 0 Å². The smallest absolute Gasteiger partial charge is 0.143 e. The van der Waals surface area contributed by atoms with Crippen molar-refractivity contribution >= 4 is 5.78 Å². The summed E-state index contributed by atoms with van der Waals surface area (Å²) in [7, 11) is 0. The van der Waals surface area contributed by atoms with Crippen LogP contribution < -0.4 is 0 Å². The lowest BCUT2D eigenvalue weighted by molar-refractivity contribution is -0.118. The molecule has 2 heteroatoms. The summed E-state index contributed by atoms with van der Waals surface area (Å²) < 4.78 is 0. The molecule has 0 aliphatic heterocycles. The fourth-order valence-electron chi connectivity index (χ4n) is 1.69. The Hall–Kier alpha value is -1.15. The number of rotatable bonds is 6. The van der Waals surface area contributed by atoms with Crippen LogP contribution in [0.5, 0.6) is 0 Å². The molecular formula is C13H19NO. The Morgan fingerprint density at radius 2 is 1.93 bits per heavy atom. The minimum absolute atomic E-state index is 0.236. The first kappa shape index (κ1) is 11.9. The van der Waals surface area contributed by atoms with Gasteiger partial charge in [-0.1, -0.05) is 37.3 Å². The molecule has 0 fully saturated rings. The molecule has 0 spiro atoms. The first-order valence-corrected chi connectivity index (χ1v) is 5.48. The Morgan fingerprint density at radius 1 is 1.27 bits per heavy atom. The number of carbonyl (C=O) groups excluding carboxylic acids is 1. The standard InChI is InChI=1S/C13H19NO/c1-3-9-14(10-12(2)15)11-13-7-5-4-6-8-13/h4-8H,3,9-11H2,1-2H3. The molecule has 1 aromatic rings. The van der Waals surface area contributed by atoms with Gasteiger partial charge >= 0.3 is 0 Å². The molecule has 0 saturated carbocycles. The maximum absolute atomic E-state index is 11.1. The van der Waals surface area contributed by atoms with Crippen molar-refractivity contribution in [3.05, 3.63) is 35.9 Å². The molecule has 0 aliphatic rings. The van der Waals surface area contributed by atoms with Crippen molar-refractivity contribution in [3.63, 3.8) is 0 Å². The monoisotopic (exact) mass is 205 g/mol. The van der Waals surface area contributed by atoms with Crippen LogP contribution in [0.4, 0.5) is 0 Å². The number of nitrogens with zero attached hydrogens (tertiary/aromatic N) is 1. The van der Waals surface area contributed by atoms with Crippen LogP contribution in [0, 0.1) is 0 Å². The number of ketones is 1. The van der Waals surface area contributed by atoms with Crippen LogP contribution in [0.2, 0.25) is 0 Å². The van der Waals surface area contributed by atoms with Crippen molar-refractivity contribution in [2.45, 2.75) is 26.8 Å². The van der Waals surface area contributed by atoms with E-state index in [-0.39, 0.29) is 5.78 Å². The molecule has 0 aliphatic carbocycles. The summed E-state index contributed by atoms with van der Waals surface area (Å²) in [5.41, 5.74) is 1.27. The molecule has 0 N–H and O–H groups in total. The van der Waals surface area contributed by atoms with E-state index in [4.69, 9.17) is 0 Å². The van der Waals surface area contributed by atoms with Crippen LogP contribution in [0.15, 0.2) is 30.3 Å². The summed E-state index contributed by atoms with van der Waals surface area (Å²) in [5, 5.41) is 0. The predicted octanol–water partition coefficient (Wildman–Crippen LogP) is 2.49. The second-order valence-electron chi connectivity index (χ2n) is 3.90. The maximum atomic E-state index is 11.1. The molecule has 0 unspecified atom stereocenters. The fraction of sp³-hybridized carbons (Fsp3) is 0.462. The quantitative estimate of drug-likeness (QED) is 0.711. The number of benzene rings is 1. The van der Waals surface area contributed by atoms with Gasteiger partial charge in [-0.3, -0.25) is 9.69 Å². The second kappa shape index (κ2) is 6.36. The van der Waals surface area contributed by atoms with E-state index in [1.165, 1.54) is 5.56 Å². The van der Waals surface area contributed by atoms with Crippen LogP contribution in [-0.2, 0) is 11.3 Å². The van der Waals surface area contributed by atoms with E-state index in [9.17, 15) is 4.79 Å². The van der Waals surface area contributed by atoms with Gasteiger partial charge in [0, 0.05) is 6.54 Å². The van der Waals surface area contributed by atoms with Crippen LogP contribution in [0.1, 0.15) is 25.8 Å². The summed E-state index contributed by atoms with van der Waals surface area (Å²) in [4.78, 5) is 13.3. The molecule has 15 heavy (non-hydrogen) atoms. The zero-order valence-corrected chi connectivity index (χ0v) is 9.57. The number of hydrogen-bond donors (Lipinski definition) is 0. The van der Waals surface area contributed by atoms with Crippen LogP contribution in [-0.4, -0.2) is 23.8 Å². The Kier molecular flexibility index (Phi) is 5.05. The first-order chi connectivity index (χ1) is 7.22. The van der Waals surface area contributed by atoms with Gasteiger partial charge in [-0.25, -0.2) is 0 Å². The van der Waals surface area contributed by atoms with Crippen LogP contribution >= 0.6 is 0 Å². The molecule has 0 bridgehead atoms. The Morgan fingerprint density at radius 3 is 2.47 bits per heavy atom. The van der Waals surface area contributed by atoms with Crippen molar-refractivity contribution in [2.24, 2.45) is 0 Å². The molecule has 0 saturated heterocycles. The van der Waals surface area contributed by atoms with Crippen LogP contribution in [0.25, 0.3) is 0 Å². The molecule has 0 aromatic heterocycles. The summed E-state index contributed by atoms with van der Waals surface area (Å²) in [6, 6.07) is 10.3. The number of carbonyl (C=O) groups is 1. The van der Waals surface area contributed by atoms with Crippen LogP contribution in [0.3, 0.4) is 0 Å². The van der Waals surface area contributed by atoms with Gasteiger partial charge in [0.05, 0.1) is 6.54 Å². The van der Waals surface area contributed by atoms with Crippen molar-refractivity contribution in [1.82, 2.24) is 4.90 Å². The van der Waals surface area contributed by atoms with Gasteiger partial charge in [0.2, 0.25) is 0 Å². The third-order valence-corrected chi connectivity index (χ3v) is 2.24. The summed E-state index contributed by atoms with van der Waals surface area (Å²) >= 11 is 0. The van der Waals surface area contributed by atoms with E-state index in [0.717, 1.165) is 19.5 Å². The average Bonchev–Trinajstić information content (AvgIpc) is 2.18. The molecule has 2 nitrogen and oxygen atoms in total. The molecule has 0 atom stereocenters. The van der Waals surface area contributed by atoms with Gasteiger partial charge in [-0.15, -0.1) is 0 Å². The average molecular weight is 205 g/mol. The third-order valence-electron chi connectivity index (χ3n) is 2.24. The Balaban J connectivity index is 2.54. The summed E-state index contributed by atoms with van der Waals surface area (Å²) in [6.45, 7) is 6.19. The third kappa shape index (κ3) is 4.75. The lowest BCUT2D eigenvalue weighted by Crippen LogP contribution is -2.29. The SMILES string of the molecule is CCCN(CC(C)=O)Cc1ccccc1. The van der Waals surface area contributed by atoms with Crippen molar-refractivity contribution in [1.29, 1.82) is 0 Å². The molecule has 1 rings (SSSR count). The van der Waals surface area contributed by atoms with Gasteiger partial charge in [-0.2, -0.15) is 0 Å². The fourth-order valence-corrected chi connectivity index (χ4v) is 1.69. The Bertz CT molecular complexity index is 295. The second-order valence-corrected chi connectivity index (χ2v) is 3.90. The zero-order chi connectivity index (χ0) is 11.1. The van der Waals surface area contributed by atoms with E-state index in [1.54, 1.807) is 6.92 Å². The topological polar surface area (TPSA) is 20.3 Å². The first-order valence-electron chi connectivity index (χ1n) is 5.48. The van der Waals surface area contributed by atoms with Gasteiger partial charge < -0.3 is 0 Å². The number of Topliss-reactive ketones (excluding diaryl/α,β-unsaturated/α-hetero) is 1. The largest absolute Gasteiger partial charge is 0.299 e. The van der Waals surface area contributed by atoms with Crippen molar-refractivity contribution < 1.29 is 4.79 Å². The normalized spacial score (nSPS) is 10.6. The van der Waals surface area contributed by atoms with Gasteiger partial charge in [0.15, 0.2) is 0 Å². The van der Waals surface area contributed by atoms with E-state index in [1.807, 2.05) is 18.2 Å². The molecule has 0 radical (unpaired) electrons. The maximum Gasteiger partial charge on any atom is 0.143 e. The molecule has 1 aromatic carbocycles. The lowest BCUT2D eigenvalue weighted by atomic mass is 10.2. The Labute approximate surface area is 91.9 Å². The highest BCUT2D eigenvalue weighted by Gasteiger charge is 2.06. The van der Waals surface area contributed by atoms with Gasteiger partial charge in [-0.05, 0) is 25.5 Å². The van der Waals surface area contributed by atoms with E-state index < -0.39 is 0 Å². The lowest BCUT2D eigenvalue weighted by Gasteiger charge is -2.20. The van der Waals surface area contributed by atoms with Crippen molar-refractivity contribution in [2.75, 3.05) is 13.1 Å². The highest BCUT2D eigenvalue weighted by Crippen LogP contribution is 2.04. The molecule has 0 heterocycles. The van der Waals surface area contributed by atoms with E-state index in [2.05, 4.69) is 24.0 Å². The van der Waals surface area contributed by atoms with Gasteiger partial charge in [0.25, 0.3) is 0 Å². The minimum atomic E-state index is 0.236. The van der Waals surface area contributed by atoms with Gasteiger partial charge in [0.1, 0.15) is 5.78 Å². The highest BCUT2D eigenvalue weighted by atomic mass is 16.1. The highest BCUT2D eigenvalue weighted by molar-refractivity contribution is 5.77. The zero-order valence-electron chi connectivity index (χ0n) is 9.57. The minimum Gasteiger partial charge on any atom is -0.299 e. The molecule has 0 amide bonds. The molecule has 82 valence electrons. The summed E-state index contributed by atoms with van der Waals surface area (Å²) in [5.74, 6) is 0.236. The van der Waals surface area contributed by atoms with E-state index in [0.29, 0.717) is 6.54 Å².